The Morgan fingerprint density at radius 2 is 2.30 bits per heavy atom. The second kappa shape index (κ2) is 8.24. The molecule has 0 radical (unpaired) electrons. The van der Waals surface area contributed by atoms with Gasteiger partial charge in [-0.2, -0.15) is 0 Å². The molecule has 124 valence electrons. The van der Waals surface area contributed by atoms with Crippen LogP contribution in [0.2, 0.25) is 0 Å². The van der Waals surface area contributed by atoms with Crippen molar-refractivity contribution in [3.63, 3.8) is 0 Å². The number of likely N-dealkylation sites (tertiary alicyclic amines) is 1. The van der Waals surface area contributed by atoms with Gasteiger partial charge in [0.25, 0.3) is 0 Å². The number of hydrogen-bond acceptors (Lipinski definition) is 6. The van der Waals surface area contributed by atoms with Crippen molar-refractivity contribution in [3.8, 4) is 0 Å². The zero-order valence-electron chi connectivity index (χ0n) is 13.5. The molecule has 0 aromatic carbocycles. The van der Waals surface area contributed by atoms with Crippen molar-refractivity contribution in [2.24, 2.45) is 11.6 Å². The van der Waals surface area contributed by atoms with E-state index in [2.05, 4.69) is 33.8 Å². The molecule has 0 aliphatic carbocycles. The lowest BCUT2D eigenvalue weighted by molar-refractivity contribution is 0.336. The molecule has 0 spiro atoms. The average molecular weight is 314 g/mol. The minimum atomic E-state index is 0.246. The van der Waals surface area contributed by atoms with E-state index in [1.54, 1.807) is 6.20 Å². The highest BCUT2D eigenvalue weighted by atomic mass is 15.2. The molecule has 1 aromatic heterocycles. The molecule has 1 saturated heterocycles. The van der Waals surface area contributed by atoms with Gasteiger partial charge in [-0.05, 0) is 24.5 Å². The van der Waals surface area contributed by atoms with E-state index in [9.17, 15) is 0 Å². The van der Waals surface area contributed by atoms with E-state index in [1.807, 2.05) is 18.3 Å². The molecular weight excluding hydrogens is 288 g/mol. The molecule has 1 aliphatic rings. The van der Waals surface area contributed by atoms with Gasteiger partial charge in [-0.3, -0.25) is 10.8 Å². The quantitative estimate of drug-likeness (QED) is 0.427. The van der Waals surface area contributed by atoms with Gasteiger partial charge in [0, 0.05) is 55.2 Å². The summed E-state index contributed by atoms with van der Waals surface area (Å²) < 4.78 is 0. The van der Waals surface area contributed by atoms with Gasteiger partial charge in [0.05, 0.1) is 6.04 Å². The van der Waals surface area contributed by atoms with Crippen LogP contribution in [0.5, 0.6) is 0 Å². The van der Waals surface area contributed by atoms with Gasteiger partial charge in [-0.15, -0.1) is 0 Å². The van der Waals surface area contributed by atoms with Gasteiger partial charge < -0.3 is 21.4 Å². The number of hydrogen-bond donors (Lipinski definition) is 4. The van der Waals surface area contributed by atoms with E-state index in [0.717, 1.165) is 48.6 Å². The smallest absolute Gasteiger partial charge is 0.0680 e. The summed E-state index contributed by atoms with van der Waals surface area (Å²) >= 11 is 0. The summed E-state index contributed by atoms with van der Waals surface area (Å²) in [6.07, 6.45) is 7.90. The predicted molar refractivity (Wildman–Crippen MR) is 93.3 cm³/mol. The Bertz CT molecular complexity index is 566. The Hall–Kier alpha value is -2.47. The van der Waals surface area contributed by atoms with Crippen LogP contribution in [0.25, 0.3) is 0 Å². The highest BCUT2D eigenvalue weighted by Crippen LogP contribution is 2.27. The van der Waals surface area contributed by atoms with Gasteiger partial charge in [0.1, 0.15) is 0 Å². The zero-order valence-corrected chi connectivity index (χ0v) is 13.5. The summed E-state index contributed by atoms with van der Waals surface area (Å²) in [6.45, 7) is 10.1. The molecule has 0 bridgehead atoms. The minimum absolute atomic E-state index is 0.246. The highest BCUT2D eigenvalue weighted by Gasteiger charge is 2.27. The predicted octanol–water partition coefficient (Wildman–Crippen LogP) is 1.32. The minimum Gasteiger partial charge on any atom is -0.403 e. The molecule has 0 amide bonds. The number of nitrogens with one attached hydrogen (secondary N) is 2. The van der Waals surface area contributed by atoms with Crippen molar-refractivity contribution in [1.82, 2.24) is 20.6 Å². The first-order valence-corrected chi connectivity index (χ1v) is 7.79. The third-order valence-electron chi connectivity index (χ3n) is 4.08. The van der Waals surface area contributed by atoms with Crippen LogP contribution in [0.4, 0.5) is 0 Å². The molecule has 2 heterocycles. The van der Waals surface area contributed by atoms with Gasteiger partial charge >= 0.3 is 0 Å². The maximum atomic E-state index is 5.54. The van der Waals surface area contributed by atoms with Crippen LogP contribution in [0.3, 0.4) is 0 Å². The van der Waals surface area contributed by atoms with Gasteiger partial charge in [0.15, 0.2) is 0 Å². The van der Waals surface area contributed by atoms with Crippen LogP contribution < -0.4 is 22.3 Å². The maximum Gasteiger partial charge on any atom is 0.0680 e. The molecule has 1 atom stereocenters. The van der Waals surface area contributed by atoms with Gasteiger partial charge in [0.2, 0.25) is 0 Å². The lowest BCUT2D eigenvalue weighted by Gasteiger charge is -2.31. The topological polar surface area (TPSA) is 92.2 Å². The van der Waals surface area contributed by atoms with Crippen molar-refractivity contribution in [3.05, 3.63) is 66.5 Å². The summed E-state index contributed by atoms with van der Waals surface area (Å²) in [5.41, 5.74) is 12.0. The summed E-state index contributed by atoms with van der Waals surface area (Å²) in [5.74, 6) is 5.44. The van der Waals surface area contributed by atoms with E-state index < -0.39 is 0 Å². The molecule has 1 aliphatic heterocycles. The molecule has 1 aromatic rings. The van der Waals surface area contributed by atoms with Crippen molar-refractivity contribution < 1.29 is 0 Å². The Labute approximate surface area is 137 Å². The summed E-state index contributed by atoms with van der Waals surface area (Å²) in [5, 5.41) is 3.41. The van der Waals surface area contributed by atoms with Crippen molar-refractivity contribution >= 4 is 0 Å². The van der Waals surface area contributed by atoms with Crippen molar-refractivity contribution in [2.45, 2.75) is 31.8 Å². The lowest BCUT2D eigenvalue weighted by Crippen LogP contribution is -2.35. The normalized spacial score (nSPS) is 17.9. The third kappa shape index (κ3) is 4.50. The van der Waals surface area contributed by atoms with Crippen LogP contribution in [0, 0.1) is 0 Å². The van der Waals surface area contributed by atoms with E-state index in [1.165, 1.54) is 6.20 Å². The van der Waals surface area contributed by atoms with E-state index >= 15 is 0 Å². The monoisotopic (exact) mass is 314 g/mol. The molecule has 23 heavy (non-hydrogen) atoms. The third-order valence-corrected chi connectivity index (χ3v) is 4.08. The molecule has 6 N–H and O–H groups in total. The second-order valence-electron chi connectivity index (χ2n) is 5.67. The lowest BCUT2D eigenvalue weighted by atomic mass is 10.1. The molecule has 2 rings (SSSR count). The summed E-state index contributed by atoms with van der Waals surface area (Å²) in [6, 6.07) is 4.23. The number of hydrazine groups is 1. The Morgan fingerprint density at radius 1 is 1.48 bits per heavy atom. The molecular formula is C17H26N6. The first-order chi connectivity index (χ1) is 11.2. The van der Waals surface area contributed by atoms with Gasteiger partial charge in [-0.1, -0.05) is 19.2 Å². The largest absolute Gasteiger partial charge is 0.403 e. The Morgan fingerprint density at radius 3 is 2.96 bits per heavy atom. The first kappa shape index (κ1) is 16.9. The fourth-order valence-corrected chi connectivity index (χ4v) is 2.82. The number of pyridine rings is 1. The number of aromatic nitrogens is 1. The summed E-state index contributed by atoms with van der Waals surface area (Å²) in [7, 11) is 0. The number of rotatable bonds is 8. The molecule has 0 saturated carbocycles. The van der Waals surface area contributed by atoms with Crippen LogP contribution >= 0.6 is 0 Å². The Kier molecular flexibility index (Phi) is 6.05. The average Bonchev–Trinajstić information content (AvgIpc) is 3.08. The highest BCUT2D eigenvalue weighted by molar-refractivity contribution is 5.18. The second-order valence-corrected chi connectivity index (χ2v) is 5.67. The standard InChI is InChI=1S/C17H26N6/c1-13(9-16(10-18)22-19)23-8-4-6-17(23)14(2)21-12-15-5-3-7-20-11-15/h3,5,7,10-11,17,21-22H,1-2,4,6,8-9,12,18-19H2/b16-10-. The first-order valence-electron chi connectivity index (χ1n) is 7.79. The fraction of sp³-hybridized carbons (Fsp3) is 0.353. The maximum absolute atomic E-state index is 5.54. The Balaban J connectivity index is 1.92. The van der Waals surface area contributed by atoms with Crippen LogP contribution in [-0.4, -0.2) is 22.5 Å². The molecule has 6 nitrogen and oxygen atoms in total. The number of nitrogens with two attached hydrogens (primary N) is 2. The van der Waals surface area contributed by atoms with E-state index in [4.69, 9.17) is 11.6 Å². The SMILES string of the molecule is C=C(NCc1cccnc1)C1CCCN1C(=C)C/C(=C/N)NN. The van der Waals surface area contributed by atoms with Crippen LogP contribution in [0.1, 0.15) is 24.8 Å². The summed E-state index contributed by atoms with van der Waals surface area (Å²) in [4.78, 5) is 6.40. The van der Waals surface area contributed by atoms with Crippen LogP contribution in [-0.2, 0) is 6.54 Å². The zero-order chi connectivity index (χ0) is 16.7. The van der Waals surface area contributed by atoms with E-state index in [0.29, 0.717) is 6.42 Å². The van der Waals surface area contributed by atoms with Crippen LogP contribution in [0.15, 0.2) is 61.0 Å². The van der Waals surface area contributed by atoms with Crippen molar-refractivity contribution in [2.75, 3.05) is 6.54 Å². The van der Waals surface area contributed by atoms with Crippen molar-refractivity contribution in [1.29, 1.82) is 0 Å². The molecule has 1 unspecified atom stereocenters. The number of nitrogens with zero attached hydrogens (tertiary/aromatic N) is 2. The molecule has 1 fully saturated rings. The van der Waals surface area contributed by atoms with Gasteiger partial charge in [-0.25, -0.2) is 0 Å². The molecule has 6 heteroatoms. The fourth-order valence-electron chi connectivity index (χ4n) is 2.82. The van der Waals surface area contributed by atoms with E-state index in [-0.39, 0.29) is 6.04 Å².